The van der Waals surface area contributed by atoms with E-state index < -0.39 is 0 Å². The van der Waals surface area contributed by atoms with Gasteiger partial charge in [0.2, 0.25) is 11.8 Å². The Morgan fingerprint density at radius 1 is 1.39 bits per heavy atom. The van der Waals surface area contributed by atoms with Crippen LogP contribution < -0.4 is 5.32 Å². The molecule has 1 rings (SSSR count). The number of carbonyl (C=O) groups excluding carboxylic acids is 2. The number of rotatable bonds is 7. The highest BCUT2D eigenvalue weighted by Crippen LogP contribution is 2.20. The highest BCUT2D eigenvalue weighted by Gasteiger charge is 2.40. The summed E-state index contributed by atoms with van der Waals surface area (Å²) < 4.78 is 0. The van der Waals surface area contributed by atoms with Crippen LogP contribution in [0.15, 0.2) is 12.2 Å². The second-order valence-corrected chi connectivity index (χ2v) is 4.64. The van der Waals surface area contributed by atoms with Crippen molar-refractivity contribution in [3.8, 4) is 0 Å². The summed E-state index contributed by atoms with van der Waals surface area (Å²) >= 11 is 0. The fourth-order valence-electron chi connectivity index (χ4n) is 2.36. The number of amides is 2. The van der Waals surface area contributed by atoms with Crippen molar-refractivity contribution in [1.29, 1.82) is 0 Å². The van der Waals surface area contributed by atoms with Gasteiger partial charge in [-0.2, -0.15) is 0 Å². The minimum atomic E-state index is -0.316. The number of allylic oxidation sites excluding steroid dienone is 1. The van der Waals surface area contributed by atoms with Crippen molar-refractivity contribution in [3.63, 3.8) is 0 Å². The van der Waals surface area contributed by atoms with Gasteiger partial charge in [-0.1, -0.05) is 26.0 Å². The molecule has 1 fully saturated rings. The number of nitrogens with one attached hydrogen (secondary N) is 1. The van der Waals surface area contributed by atoms with E-state index in [0.717, 1.165) is 25.8 Å². The van der Waals surface area contributed by atoms with Gasteiger partial charge in [-0.15, -0.1) is 0 Å². The lowest BCUT2D eigenvalue weighted by atomic mass is 10.1. The lowest BCUT2D eigenvalue weighted by molar-refractivity contribution is -0.141. The van der Waals surface area contributed by atoms with E-state index in [1.807, 2.05) is 32.9 Å². The zero-order chi connectivity index (χ0) is 13.5. The Kier molecular flexibility index (Phi) is 6.05. The van der Waals surface area contributed by atoms with Crippen LogP contribution in [0.4, 0.5) is 0 Å². The fourth-order valence-corrected chi connectivity index (χ4v) is 2.36. The largest absolute Gasteiger partial charge is 0.305 e. The smallest absolute Gasteiger partial charge is 0.247 e. The Balaban J connectivity index is 2.55. The predicted octanol–water partition coefficient (Wildman–Crippen LogP) is 1.86. The third kappa shape index (κ3) is 3.42. The lowest BCUT2D eigenvalue weighted by Crippen LogP contribution is -2.43. The summed E-state index contributed by atoms with van der Waals surface area (Å²) in [5.74, 6) is -0.0774. The molecule has 0 aliphatic carbocycles. The number of imide groups is 1. The van der Waals surface area contributed by atoms with Gasteiger partial charge >= 0.3 is 0 Å². The van der Waals surface area contributed by atoms with E-state index in [2.05, 4.69) is 5.32 Å². The highest BCUT2D eigenvalue weighted by molar-refractivity contribution is 6.05. The van der Waals surface area contributed by atoms with Gasteiger partial charge in [-0.05, 0) is 32.7 Å². The monoisotopic (exact) mass is 252 g/mol. The number of hydrogen-bond acceptors (Lipinski definition) is 3. The van der Waals surface area contributed by atoms with Crippen LogP contribution in [-0.4, -0.2) is 35.3 Å². The molecule has 1 atom stereocenters. The van der Waals surface area contributed by atoms with E-state index in [1.165, 1.54) is 4.90 Å². The average Bonchev–Trinajstić information content (AvgIpc) is 2.64. The maximum atomic E-state index is 12.2. The van der Waals surface area contributed by atoms with Crippen molar-refractivity contribution < 1.29 is 9.59 Å². The van der Waals surface area contributed by atoms with Crippen LogP contribution >= 0.6 is 0 Å². The second-order valence-electron chi connectivity index (χ2n) is 4.64. The molecular weight excluding hydrogens is 228 g/mol. The SMILES string of the molecule is C/C=C/CCNC1CC(=O)N(C(CC)CC)C1=O. The quantitative estimate of drug-likeness (QED) is 0.427. The summed E-state index contributed by atoms with van der Waals surface area (Å²) in [7, 11) is 0. The molecular formula is C14H24N2O2. The first-order valence-corrected chi connectivity index (χ1v) is 6.86. The van der Waals surface area contributed by atoms with Gasteiger partial charge in [0.15, 0.2) is 0 Å². The van der Waals surface area contributed by atoms with Crippen molar-refractivity contribution in [2.24, 2.45) is 0 Å². The first kappa shape index (κ1) is 14.9. The van der Waals surface area contributed by atoms with Crippen molar-refractivity contribution in [2.75, 3.05) is 6.54 Å². The summed E-state index contributed by atoms with van der Waals surface area (Å²) in [4.78, 5) is 25.5. The number of likely N-dealkylation sites (tertiary alicyclic amines) is 1. The molecule has 1 heterocycles. The van der Waals surface area contributed by atoms with Crippen LogP contribution in [0.25, 0.3) is 0 Å². The van der Waals surface area contributed by atoms with Crippen LogP contribution in [0.1, 0.15) is 46.5 Å². The van der Waals surface area contributed by atoms with E-state index in [-0.39, 0.29) is 23.9 Å². The number of carbonyl (C=O) groups is 2. The second kappa shape index (κ2) is 7.31. The van der Waals surface area contributed by atoms with E-state index >= 15 is 0 Å². The van der Waals surface area contributed by atoms with Gasteiger partial charge in [0.25, 0.3) is 0 Å². The van der Waals surface area contributed by atoms with Gasteiger partial charge in [-0.3, -0.25) is 14.5 Å². The first-order valence-electron chi connectivity index (χ1n) is 6.86. The summed E-state index contributed by atoms with van der Waals surface area (Å²) in [6.07, 6.45) is 6.90. The molecule has 0 aromatic heterocycles. The third-order valence-electron chi connectivity index (χ3n) is 3.43. The molecule has 18 heavy (non-hydrogen) atoms. The van der Waals surface area contributed by atoms with Crippen LogP contribution in [-0.2, 0) is 9.59 Å². The molecule has 0 aromatic carbocycles. The molecule has 0 aromatic rings. The maximum absolute atomic E-state index is 12.2. The lowest BCUT2D eigenvalue weighted by Gasteiger charge is -2.24. The average molecular weight is 252 g/mol. The zero-order valence-corrected chi connectivity index (χ0v) is 11.6. The van der Waals surface area contributed by atoms with Crippen LogP contribution in [0.2, 0.25) is 0 Å². The molecule has 102 valence electrons. The Hall–Kier alpha value is -1.16. The maximum Gasteiger partial charge on any atom is 0.247 e. The van der Waals surface area contributed by atoms with Crippen molar-refractivity contribution in [1.82, 2.24) is 10.2 Å². The minimum Gasteiger partial charge on any atom is -0.305 e. The molecule has 4 nitrogen and oxygen atoms in total. The highest BCUT2D eigenvalue weighted by atomic mass is 16.2. The topological polar surface area (TPSA) is 49.4 Å². The van der Waals surface area contributed by atoms with Crippen LogP contribution in [0.5, 0.6) is 0 Å². The summed E-state index contributed by atoms with van der Waals surface area (Å²) in [6.45, 7) is 6.74. The van der Waals surface area contributed by atoms with Crippen molar-refractivity contribution in [3.05, 3.63) is 12.2 Å². The molecule has 4 heteroatoms. The Labute approximate surface area is 109 Å². The Bertz CT molecular complexity index is 322. The van der Waals surface area contributed by atoms with E-state index in [1.54, 1.807) is 0 Å². The van der Waals surface area contributed by atoms with Crippen molar-refractivity contribution in [2.45, 2.75) is 58.5 Å². The molecule has 0 spiro atoms. The molecule has 0 bridgehead atoms. The zero-order valence-electron chi connectivity index (χ0n) is 11.6. The van der Waals surface area contributed by atoms with E-state index in [4.69, 9.17) is 0 Å². The summed E-state index contributed by atoms with van der Waals surface area (Å²) in [5, 5.41) is 3.17. The van der Waals surface area contributed by atoms with E-state index in [0.29, 0.717) is 6.42 Å². The molecule has 2 amide bonds. The van der Waals surface area contributed by atoms with E-state index in [9.17, 15) is 9.59 Å². The summed E-state index contributed by atoms with van der Waals surface area (Å²) in [5.41, 5.74) is 0. The molecule has 0 saturated carbocycles. The van der Waals surface area contributed by atoms with Gasteiger partial charge in [-0.25, -0.2) is 0 Å². The predicted molar refractivity (Wildman–Crippen MR) is 72.1 cm³/mol. The normalized spacial score (nSPS) is 20.7. The molecule has 1 aliphatic rings. The van der Waals surface area contributed by atoms with Crippen molar-refractivity contribution >= 4 is 11.8 Å². The summed E-state index contributed by atoms with van der Waals surface area (Å²) in [6, 6.07) is -0.254. The standard InChI is InChI=1S/C14H24N2O2/c1-4-7-8-9-15-12-10-13(17)16(14(12)18)11(5-2)6-3/h4,7,11-12,15H,5-6,8-10H2,1-3H3/b7-4+. The first-order chi connectivity index (χ1) is 8.65. The van der Waals surface area contributed by atoms with Gasteiger partial charge in [0.1, 0.15) is 0 Å². The molecule has 1 N–H and O–H groups in total. The Morgan fingerprint density at radius 3 is 2.61 bits per heavy atom. The fraction of sp³-hybridized carbons (Fsp3) is 0.714. The number of nitrogens with zero attached hydrogens (tertiary/aromatic N) is 1. The van der Waals surface area contributed by atoms with Crippen LogP contribution in [0, 0.1) is 0 Å². The van der Waals surface area contributed by atoms with Gasteiger partial charge in [0, 0.05) is 6.04 Å². The van der Waals surface area contributed by atoms with Crippen LogP contribution in [0.3, 0.4) is 0 Å². The minimum absolute atomic E-state index is 0.0303. The third-order valence-corrected chi connectivity index (χ3v) is 3.43. The molecule has 1 saturated heterocycles. The van der Waals surface area contributed by atoms with Gasteiger partial charge in [0.05, 0.1) is 12.5 Å². The Morgan fingerprint density at radius 2 is 2.06 bits per heavy atom. The molecule has 1 unspecified atom stereocenters. The molecule has 1 aliphatic heterocycles. The molecule has 0 radical (unpaired) electrons. The van der Waals surface area contributed by atoms with Gasteiger partial charge < -0.3 is 5.32 Å². The number of hydrogen-bond donors (Lipinski definition) is 1.